The van der Waals surface area contributed by atoms with Gasteiger partial charge in [-0.05, 0) is 25.3 Å². The second kappa shape index (κ2) is 9.08. The smallest absolute Gasteiger partial charge is 0.247 e. The Labute approximate surface area is 119 Å². The van der Waals surface area contributed by atoms with E-state index in [2.05, 4.69) is 17.2 Å². The van der Waals surface area contributed by atoms with Crippen LogP contribution in [0.25, 0.3) is 0 Å². The van der Waals surface area contributed by atoms with Crippen LogP contribution in [0.3, 0.4) is 0 Å². The number of rotatable bonds is 9. The molecule has 3 amide bonds. The van der Waals surface area contributed by atoms with E-state index in [1.165, 1.54) is 0 Å². The van der Waals surface area contributed by atoms with Crippen molar-refractivity contribution in [1.29, 1.82) is 0 Å². The van der Waals surface area contributed by atoms with Crippen molar-refractivity contribution in [1.82, 2.24) is 10.6 Å². The van der Waals surface area contributed by atoms with Gasteiger partial charge >= 0.3 is 0 Å². The summed E-state index contributed by atoms with van der Waals surface area (Å²) in [4.78, 5) is 34.4. The molecule has 0 aromatic carbocycles. The van der Waals surface area contributed by atoms with Crippen LogP contribution < -0.4 is 22.1 Å². The molecule has 0 aromatic rings. The maximum absolute atomic E-state index is 11.9. The number of hydrogen-bond acceptors (Lipinski definition) is 4. The van der Waals surface area contributed by atoms with Gasteiger partial charge in [0.1, 0.15) is 6.04 Å². The Hall–Kier alpha value is -1.89. The highest BCUT2D eigenvalue weighted by molar-refractivity contribution is 5.97. The first-order valence-corrected chi connectivity index (χ1v) is 6.52. The normalized spacial score (nSPS) is 11.8. The minimum absolute atomic E-state index is 0.197. The monoisotopic (exact) mass is 284 g/mol. The Balaban J connectivity index is 4.62. The molecule has 114 valence electrons. The topological polar surface area (TPSA) is 127 Å². The van der Waals surface area contributed by atoms with Crippen LogP contribution in [0.4, 0.5) is 0 Å². The molecule has 0 heterocycles. The SMILES string of the molecule is C=C(CCN)C(=O)N[C@@H](CC(C)C)C(=O)NCC(N)=O. The molecular formula is C13H24N4O3. The van der Waals surface area contributed by atoms with Crippen LogP contribution in [-0.2, 0) is 14.4 Å². The van der Waals surface area contributed by atoms with Crippen LogP contribution in [0.15, 0.2) is 12.2 Å². The molecular weight excluding hydrogens is 260 g/mol. The number of amides is 3. The molecule has 0 fully saturated rings. The number of carbonyl (C=O) groups excluding carboxylic acids is 3. The van der Waals surface area contributed by atoms with Gasteiger partial charge in [0.25, 0.3) is 0 Å². The lowest BCUT2D eigenvalue weighted by Gasteiger charge is -2.20. The summed E-state index contributed by atoms with van der Waals surface area (Å²) in [7, 11) is 0. The highest BCUT2D eigenvalue weighted by Crippen LogP contribution is 2.06. The fraction of sp³-hybridized carbons (Fsp3) is 0.615. The Kier molecular flexibility index (Phi) is 8.23. The van der Waals surface area contributed by atoms with Crippen LogP contribution >= 0.6 is 0 Å². The van der Waals surface area contributed by atoms with E-state index in [4.69, 9.17) is 11.5 Å². The van der Waals surface area contributed by atoms with Gasteiger partial charge in [0.2, 0.25) is 17.7 Å². The molecule has 0 spiro atoms. The van der Waals surface area contributed by atoms with E-state index in [0.29, 0.717) is 25.0 Å². The fourth-order valence-corrected chi connectivity index (χ4v) is 1.55. The minimum atomic E-state index is -0.726. The third kappa shape index (κ3) is 7.52. The van der Waals surface area contributed by atoms with Gasteiger partial charge in [-0.25, -0.2) is 0 Å². The average Bonchev–Trinajstić information content (AvgIpc) is 2.34. The molecule has 7 nitrogen and oxygen atoms in total. The van der Waals surface area contributed by atoms with Gasteiger partial charge in [-0.2, -0.15) is 0 Å². The molecule has 0 unspecified atom stereocenters. The summed E-state index contributed by atoms with van der Waals surface area (Å²) in [5.41, 5.74) is 10.6. The Morgan fingerprint density at radius 3 is 2.30 bits per heavy atom. The Morgan fingerprint density at radius 2 is 1.85 bits per heavy atom. The molecule has 0 rings (SSSR count). The van der Waals surface area contributed by atoms with E-state index in [-0.39, 0.29) is 12.5 Å². The summed E-state index contributed by atoms with van der Waals surface area (Å²) in [6.45, 7) is 7.52. The van der Waals surface area contributed by atoms with Crippen LogP contribution in [0.2, 0.25) is 0 Å². The quantitative estimate of drug-likeness (QED) is 0.406. The molecule has 0 aliphatic carbocycles. The molecule has 0 aliphatic rings. The molecule has 0 aliphatic heterocycles. The zero-order valence-corrected chi connectivity index (χ0v) is 12.1. The van der Waals surface area contributed by atoms with E-state index >= 15 is 0 Å². The van der Waals surface area contributed by atoms with E-state index in [1.54, 1.807) is 0 Å². The Morgan fingerprint density at radius 1 is 1.25 bits per heavy atom. The van der Waals surface area contributed by atoms with E-state index < -0.39 is 23.8 Å². The molecule has 6 N–H and O–H groups in total. The zero-order valence-electron chi connectivity index (χ0n) is 12.1. The van der Waals surface area contributed by atoms with Crippen molar-refractivity contribution in [3.8, 4) is 0 Å². The van der Waals surface area contributed by atoms with Crippen LogP contribution in [-0.4, -0.2) is 36.9 Å². The largest absolute Gasteiger partial charge is 0.368 e. The Bertz CT molecular complexity index is 380. The summed E-state index contributed by atoms with van der Waals surface area (Å²) in [6.07, 6.45) is 0.815. The zero-order chi connectivity index (χ0) is 15.7. The fourth-order valence-electron chi connectivity index (χ4n) is 1.55. The molecule has 0 saturated carbocycles. The van der Waals surface area contributed by atoms with E-state index in [0.717, 1.165) is 0 Å². The summed E-state index contributed by atoms with van der Waals surface area (Å²) in [6, 6.07) is -0.726. The summed E-state index contributed by atoms with van der Waals surface area (Å²) in [5.74, 6) is -1.29. The first-order valence-electron chi connectivity index (χ1n) is 6.52. The third-order valence-electron chi connectivity index (χ3n) is 2.53. The molecule has 0 radical (unpaired) electrons. The predicted molar refractivity (Wildman–Crippen MR) is 76.4 cm³/mol. The van der Waals surface area contributed by atoms with Gasteiger partial charge in [0.05, 0.1) is 6.54 Å². The molecule has 0 aromatic heterocycles. The van der Waals surface area contributed by atoms with Crippen molar-refractivity contribution in [3.63, 3.8) is 0 Å². The molecule has 0 saturated heterocycles. The number of primary amides is 1. The second-order valence-corrected chi connectivity index (χ2v) is 4.98. The summed E-state index contributed by atoms with van der Waals surface area (Å²) in [5, 5.41) is 4.98. The van der Waals surface area contributed by atoms with E-state index in [1.807, 2.05) is 13.8 Å². The van der Waals surface area contributed by atoms with Gasteiger partial charge in [-0.15, -0.1) is 0 Å². The van der Waals surface area contributed by atoms with Crippen LogP contribution in [0, 0.1) is 5.92 Å². The molecule has 7 heteroatoms. The first-order chi connectivity index (χ1) is 9.27. The maximum atomic E-state index is 11.9. The van der Waals surface area contributed by atoms with Crippen molar-refractivity contribution in [2.75, 3.05) is 13.1 Å². The number of hydrogen-bond donors (Lipinski definition) is 4. The highest BCUT2D eigenvalue weighted by atomic mass is 16.2. The van der Waals surface area contributed by atoms with Gasteiger partial charge in [0.15, 0.2) is 0 Å². The van der Waals surface area contributed by atoms with Crippen molar-refractivity contribution in [3.05, 3.63) is 12.2 Å². The predicted octanol–water partition coefficient (Wildman–Crippen LogP) is -0.976. The first kappa shape index (κ1) is 18.1. The molecule has 20 heavy (non-hydrogen) atoms. The van der Waals surface area contributed by atoms with Crippen LogP contribution in [0.1, 0.15) is 26.7 Å². The lowest BCUT2D eigenvalue weighted by Crippen LogP contribution is -2.49. The van der Waals surface area contributed by atoms with Gasteiger partial charge in [0, 0.05) is 5.57 Å². The molecule has 1 atom stereocenters. The highest BCUT2D eigenvalue weighted by Gasteiger charge is 2.22. The van der Waals surface area contributed by atoms with Crippen molar-refractivity contribution >= 4 is 17.7 Å². The summed E-state index contributed by atoms with van der Waals surface area (Å²) < 4.78 is 0. The lowest BCUT2D eigenvalue weighted by molar-refractivity contribution is -0.129. The van der Waals surface area contributed by atoms with Crippen molar-refractivity contribution in [2.24, 2.45) is 17.4 Å². The van der Waals surface area contributed by atoms with Crippen LogP contribution in [0.5, 0.6) is 0 Å². The number of carbonyl (C=O) groups is 3. The van der Waals surface area contributed by atoms with E-state index in [9.17, 15) is 14.4 Å². The van der Waals surface area contributed by atoms with Crippen molar-refractivity contribution < 1.29 is 14.4 Å². The van der Waals surface area contributed by atoms with Gasteiger partial charge < -0.3 is 22.1 Å². The summed E-state index contributed by atoms with van der Waals surface area (Å²) >= 11 is 0. The van der Waals surface area contributed by atoms with Gasteiger partial charge in [-0.1, -0.05) is 20.4 Å². The average molecular weight is 284 g/mol. The number of nitrogens with two attached hydrogens (primary N) is 2. The lowest BCUT2D eigenvalue weighted by atomic mass is 10.0. The third-order valence-corrected chi connectivity index (χ3v) is 2.53. The minimum Gasteiger partial charge on any atom is -0.368 e. The second-order valence-electron chi connectivity index (χ2n) is 4.98. The maximum Gasteiger partial charge on any atom is 0.247 e. The van der Waals surface area contributed by atoms with Crippen molar-refractivity contribution in [2.45, 2.75) is 32.7 Å². The number of nitrogens with one attached hydrogen (secondary N) is 2. The standard InChI is InChI=1S/C13H24N4O3/c1-8(2)6-10(13(20)16-7-11(15)18)17-12(19)9(3)4-5-14/h8,10H,3-7,14H2,1-2H3,(H2,15,18)(H,16,20)(H,17,19)/t10-/m0/s1. The molecule has 0 bridgehead atoms. The van der Waals surface area contributed by atoms with Gasteiger partial charge in [-0.3, -0.25) is 14.4 Å².